The van der Waals surface area contributed by atoms with Crippen LogP contribution >= 0.6 is 11.3 Å². The largest absolute Gasteiger partial charge is 0.465 e. The molecule has 0 fully saturated rings. The number of furan rings is 1. The van der Waals surface area contributed by atoms with Gasteiger partial charge in [0.1, 0.15) is 16.5 Å². The van der Waals surface area contributed by atoms with Crippen LogP contribution in [0, 0.1) is 6.92 Å². The zero-order valence-corrected chi connectivity index (χ0v) is 18.7. The van der Waals surface area contributed by atoms with E-state index in [0.29, 0.717) is 33.1 Å². The highest BCUT2D eigenvalue weighted by atomic mass is 32.1. The molecule has 0 saturated heterocycles. The Hall–Kier alpha value is -3.45. The van der Waals surface area contributed by atoms with Crippen molar-refractivity contribution in [2.75, 3.05) is 12.4 Å². The minimum absolute atomic E-state index is 0.295. The Morgan fingerprint density at radius 3 is 2.72 bits per heavy atom. The summed E-state index contributed by atoms with van der Waals surface area (Å²) >= 11 is 1.47. The summed E-state index contributed by atoms with van der Waals surface area (Å²) in [5.74, 6) is 0.667. The molecule has 1 N–H and O–H groups in total. The van der Waals surface area contributed by atoms with Crippen molar-refractivity contribution >= 4 is 39.1 Å². The monoisotopic (exact) mass is 446 g/mol. The van der Waals surface area contributed by atoms with Gasteiger partial charge in [0.25, 0.3) is 5.91 Å². The fraction of sp³-hybridized carbons (Fsp3) is 0.240. The zero-order valence-electron chi connectivity index (χ0n) is 17.9. The number of pyridine rings is 1. The summed E-state index contributed by atoms with van der Waals surface area (Å²) in [7, 11) is 1.37. The third-order valence-electron chi connectivity index (χ3n) is 5.74. The number of carbonyl (C=O) groups excluding carboxylic acids is 2. The standard InChI is InChI=1S/C25H22N2O4S/c1-14-11-12-20(31-14)19-13-17(15-7-3-5-9-18(15)26-19)23(28)27-24-22(25(29)30-2)16-8-4-6-10-21(16)32-24/h3,5,7,9,11-13H,4,6,8,10H2,1-2H3,(H,27,28). The van der Waals surface area contributed by atoms with Crippen molar-refractivity contribution in [3.8, 4) is 11.5 Å². The van der Waals surface area contributed by atoms with Crippen molar-refractivity contribution in [2.24, 2.45) is 0 Å². The molecule has 4 aromatic rings. The summed E-state index contributed by atoms with van der Waals surface area (Å²) in [6.07, 6.45) is 3.86. The van der Waals surface area contributed by atoms with Crippen LogP contribution in [0.4, 0.5) is 5.00 Å². The SMILES string of the molecule is COC(=O)c1c(NC(=O)c2cc(-c3ccc(C)o3)nc3ccccc23)sc2c1CCCC2. The molecule has 162 valence electrons. The number of thiophene rings is 1. The van der Waals surface area contributed by atoms with Gasteiger partial charge in [0.2, 0.25) is 0 Å². The number of fused-ring (bicyclic) bond motifs is 2. The third kappa shape index (κ3) is 3.58. The van der Waals surface area contributed by atoms with Gasteiger partial charge >= 0.3 is 5.97 Å². The van der Waals surface area contributed by atoms with E-state index in [1.54, 1.807) is 6.07 Å². The van der Waals surface area contributed by atoms with Gasteiger partial charge in [-0.2, -0.15) is 0 Å². The molecular formula is C25H22N2O4S. The number of nitrogens with one attached hydrogen (secondary N) is 1. The summed E-state index contributed by atoms with van der Waals surface area (Å²) in [5.41, 5.74) is 3.25. The molecule has 3 heterocycles. The highest BCUT2D eigenvalue weighted by Crippen LogP contribution is 2.39. The Kier molecular flexibility index (Phi) is 5.27. The maximum atomic E-state index is 13.5. The molecule has 1 amide bonds. The number of methoxy groups -OCH3 is 1. The van der Waals surface area contributed by atoms with Gasteiger partial charge in [-0.25, -0.2) is 9.78 Å². The Labute approximate surface area is 189 Å². The number of esters is 1. The maximum absolute atomic E-state index is 13.5. The fourth-order valence-electron chi connectivity index (χ4n) is 4.20. The first kappa shape index (κ1) is 20.5. The molecule has 32 heavy (non-hydrogen) atoms. The predicted octanol–water partition coefficient (Wildman–Crippen LogP) is 5.78. The van der Waals surface area contributed by atoms with E-state index in [2.05, 4.69) is 10.3 Å². The molecular weight excluding hydrogens is 424 g/mol. The second-order valence-electron chi connectivity index (χ2n) is 7.84. The number of carbonyl (C=O) groups is 2. The number of hydrogen-bond donors (Lipinski definition) is 1. The van der Waals surface area contributed by atoms with E-state index in [1.165, 1.54) is 18.4 Å². The van der Waals surface area contributed by atoms with Crippen LogP contribution in [0.5, 0.6) is 0 Å². The predicted molar refractivity (Wildman–Crippen MR) is 124 cm³/mol. The molecule has 0 aliphatic heterocycles. The molecule has 1 aliphatic carbocycles. The quantitative estimate of drug-likeness (QED) is 0.402. The number of para-hydroxylation sites is 1. The molecule has 1 aromatic carbocycles. The van der Waals surface area contributed by atoms with E-state index in [4.69, 9.17) is 9.15 Å². The van der Waals surface area contributed by atoms with Crippen LogP contribution in [0.25, 0.3) is 22.4 Å². The van der Waals surface area contributed by atoms with Gasteiger partial charge in [0.15, 0.2) is 5.76 Å². The lowest BCUT2D eigenvalue weighted by molar-refractivity contribution is 0.0601. The Bertz CT molecular complexity index is 1350. The van der Waals surface area contributed by atoms with E-state index in [1.807, 2.05) is 43.3 Å². The fourth-order valence-corrected chi connectivity index (χ4v) is 5.48. The van der Waals surface area contributed by atoms with Gasteiger partial charge in [-0.3, -0.25) is 4.79 Å². The van der Waals surface area contributed by atoms with Crippen LogP contribution in [-0.4, -0.2) is 24.0 Å². The smallest absolute Gasteiger partial charge is 0.341 e. The number of aryl methyl sites for hydroxylation is 2. The van der Waals surface area contributed by atoms with Crippen molar-refractivity contribution < 1.29 is 18.7 Å². The Balaban J connectivity index is 1.59. The minimum atomic E-state index is -0.411. The van der Waals surface area contributed by atoms with E-state index in [0.717, 1.165) is 47.3 Å². The maximum Gasteiger partial charge on any atom is 0.341 e. The number of aromatic nitrogens is 1. The van der Waals surface area contributed by atoms with Gasteiger partial charge in [-0.15, -0.1) is 11.3 Å². The molecule has 0 saturated carbocycles. The third-order valence-corrected chi connectivity index (χ3v) is 6.95. The van der Waals surface area contributed by atoms with Crippen molar-refractivity contribution in [1.29, 1.82) is 0 Å². The van der Waals surface area contributed by atoms with Gasteiger partial charge in [-0.1, -0.05) is 18.2 Å². The highest BCUT2D eigenvalue weighted by molar-refractivity contribution is 7.17. The molecule has 3 aromatic heterocycles. The normalized spacial score (nSPS) is 13.1. The highest BCUT2D eigenvalue weighted by Gasteiger charge is 2.27. The Morgan fingerprint density at radius 1 is 1.12 bits per heavy atom. The first-order valence-electron chi connectivity index (χ1n) is 10.6. The van der Waals surface area contributed by atoms with Crippen LogP contribution in [0.2, 0.25) is 0 Å². The number of rotatable bonds is 4. The van der Waals surface area contributed by atoms with E-state index < -0.39 is 5.97 Å². The average Bonchev–Trinajstić information content (AvgIpc) is 3.41. The van der Waals surface area contributed by atoms with Crippen LogP contribution in [0.1, 0.15) is 49.8 Å². The lowest BCUT2D eigenvalue weighted by atomic mass is 9.95. The number of anilines is 1. The number of hydrogen-bond acceptors (Lipinski definition) is 6. The summed E-state index contributed by atoms with van der Waals surface area (Å²) in [5, 5.41) is 4.28. The second kappa shape index (κ2) is 8.24. The lowest BCUT2D eigenvalue weighted by Crippen LogP contribution is -2.15. The molecule has 0 unspecified atom stereocenters. The molecule has 6 nitrogen and oxygen atoms in total. The van der Waals surface area contributed by atoms with Crippen LogP contribution in [-0.2, 0) is 17.6 Å². The average molecular weight is 447 g/mol. The first-order valence-corrected chi connectivity index (χ1v) is 11.4. The summed E-state index contributed by atoms with van der Waals surface area (Å²) < 4.78 is 10.8. The van der Waals surface area contributed by atoms with Crippen molar-refractivity contribution in [3.63, 3.8) is 0 Å². The van der Waals surface area contributed by atoms with Crippen molar-refractivity contribution in [2.45, 2.75) is 32.6 Å². The summed E-state index contributed by atoms with van der Waals surface area (Å²) in [6, 6.07) is 12.9. The number of benzene rings is 1. The van der Waals surface area contributed by atoms with Crippen LogP contribution in [0.15, 0.2) is 46.9 Å². The zero-order chi connectivity index (χ0) is 22.2. The molecule has 0 bridgehead atoms. The number of ether oxygens (including phenoxy) is 1. The number of amides is 1. The first-order chi connectivity index (χ1) is 15.5. The summed E-state index contributed by atoms with van der Waals surface area (Å²) in [4.78, 5) is 31.9. The van der Waals surface area contributed by atoms with Crippen LogP contribution < -0.4 is 5.32 Å². The minimum Gasteiger partial charge on any atom is -0.465 e. The molecule has 1 aliphatic rings. The van der Waals surface area contributed by atoms with Gasteiger partial charge in [-0.05, 0) is 62.4 Å². The van der Waals surface area contributed by atoms with Gasteiger partial charge in [0, 0.05) is 10.3 Å². The van der Waals surface area contributed by atoms with E-state index in [9.17, 15) is 9.59 Å². The second-order valence-corrected chi connectivity index (χ2v) is 8.95. The van der Waals surface area contributed by atoms with Crippen molar-refractivity contribution in [3.05, 3.63) is 69.8 Å². The summed E-state index contributed by atoms with van der Waals surface area (Å²) in [6.45, 7) is 1.87. The molecule has 0 spiro atoms. The van der Waals surface area contributed by atoms with Crippen molar-refractivity contribution in [1.82, 2.24) is 4.98 Å². The topological polar surface area (TPSA) is 81.4 Å². The van der Waals surface area contributed by atoms with Gasteiger partial charge in [0.05, 0.1) is 23.8 Å². The molecule has 0 radical (unpaired) electrons. The molecule has 5 rings (SSSR count). The van der Waals surface area contributed by atoms with E-state index in [-0.39, 0.29) is 5.91 Å². The molecule has 7 heteroatoms. The Morgan fingerprint density at radius 2 is 1.94 bits per heavy atom. The number of nitrogens with zero attached hydrogens (tertiary/aromatic N) is 1. The van der Waals surface area contributed by atoms with Gasteiger partial charge < -0.3 is 14.5 Å². The lowest BCUT2D eigenvalue weighted by Gasteiger charge is -2.12. The van der Waals surface area contributed by atoms with E-state index >= 15 is 0 Å². The molecule has 0 atom stereocenters. The van der Waals surface area contributed by atoms with Crippen LogP contribution in [0.3, 0.4) is 0 Å².